The number of aromatic nitrogens is 2. The molecular weight excluding hydrogens is 314 g/mol. The van der Waals surface area contributed by atoms with E-state index in [1.54, 1.807) is 24.6 Å². The molecule has 1 heterocycles. The number of benzene rings is 2. The molecule has 0 atom stereocenters. The summed E-state index contributed by atoms with van der Waals surface area (Å²) in [5.41, 5.74) is 3.90. The minimum atomic E-state index is -0.659. The van der Waals surface area contributed by atoms with Crippen LogP contribution in [0.1, 0.15) is 27.3 Å². The van der Waals surface area contributed by atoms with E-state index in [0.717, 1.165) is 11.3 Å². The molecule has 1 N–H and O–H groups in total. The lowest BCUT2D eigenvalue weighted by Gasteiger charge is -2.08. The van der Waals surface area contributed by atoms with Gasteiger partial charge in [0.25, 0.3) is 11.7 Å². The molecule has 0 saturated heterocycles. The van der Waals surface area contributed by atoms with Gasteiger partial charge in [-0.2, -0.15) is 5.10 Å². The Hall–Kier alpha value is -3.21. The van der Waals surface area contributed by atoms with Gasteiger partial charge >= 0.3 is 0 Å². The summed E-state index contributed by atoms with van der Waals surface area (Å²) in [5, 5.41) is 7.11. The van der Waals surface area contributed by atoms with E-state index in [0.29, 0.717) is 22.6 Å². The summed E-state index contributed by atoms with van der Waals surface area (Å²) in [6.07, 6.45) is 0. The SMILES string of the molecule is Cc1ccccc1NC(=O)C(=O)c1c(C)nn(-c2ccccc2)c1C. The molecule has 5 nitrogen and oxygen atoms in total. The van der Waals surface area contributed by atoms with Gasteiger partial charge in [-0.3, -0.25) is 9.59 Å². The normalized spacial score (nSPS) is 10.5. The Kier molecular flexibility index (Phi) is 4.48. The molecule has 0 aliphatic carbocycles. The number of nitrogens with zero attached hydrogens (tertiary/aromatic N) is 2. The van der Waals surface area contributed by atoms with Gasteiger partial charge in [0.2, 0.25) is 0 Å². The maximum absolute atomic E-state index is 12.7. The molecule has 0 aliphatic heterocycles. The van der Waals surface area contributed by atoms with Crippen LogP contribution in [0.2, 0.25) is 0 Å². The molecule has 0 saturated carbocycles. The van der Waals surface area contributed by atoms with Crippen LogP contribution in [0.3, 0.4) is 0 Å². The highest BCUT2D eigenvalue weighted by Crippen LogP contribution is 2.20. The quantitative estimate of drug-likeness (QED) is 0.586. The van der Waals surface area contributed by atoms with E-state index in [2.05, 4.69) is 10.4 Å². The van der Waals surface area contributed by atoms with Gasteiger partial charge in [-0.15, -0.1) is 0 Å². The Morgan fingerprint density at radius 3 is 2.24 bits per heavy atom. The fourth-order valence-corrected chi connectivity index (χ4v) is 2.80. The monoisotopic (exact) mass is 333 g/mol. The second kappa shape index (κ2) is 6.73. The molecule has 0 fully saturated rings. The van der Waals surface area contributed by atoms with Gasteiger partial charge in [0.15, 0.2) is 0 Å². The predicted molar refractivity (Wildman–Crippen MR) is 97.2 cm³/mol. The zero-order valence-corrected chi connectivity index (χ0v) is 14.4. The van der Waals surface area contributed by atoms with Crippen LogP contribution in [-0.4, -0.2) is 21.5 Å². The maximum Gasteiger partial charge on any atom is 0.296 e. The van der Waals surface area contributed by atoms with Crippen LogP contribution in [0.15, 0.2) is 54.6 Å². The minimum absolute atomic E-state index is 0.343. The van der Waals surface area contributed by atoms with Crippen LogP contribution in [0.4, 0.5) is 5.69 Å². The number of rotatable bonds is 4. The first-order chi connectivity index (χ1) is 12.0. The van der Waals surface area contributed by atoms with E-state index in [1.807, 2.05) is 55.5 Å². The van der Waals surface area contributed by atoms with Crippen molar-refractivity contribution in [3.05, 3.63) is 77.1 Å². The summed E-state index contributed by atoms with van der Waals surface area (Å²) in [5.74, 6) is -1.24. The van der Waals surface area contributed by atoms with Gasteiger partial charge in [-0.25, -0.2) is 4.68 Å². The number of para-hydroxylation sites is 2. The molecule has 3 aromatic rings. The zero-order chi connectivity index (χ0) is 18.0. The topological polar surface area (TPSA) is 64.0 Å². The first kappa shape index (κ1) is 16.6. The molecule has 0 bridgehead atoms. The highest BCUT2D eigenvalue weighted by molar-refractivity contribution is 6.47. The first-order valence-electron chi connectivity index (χ1n) is 8.02. The van der Waals surface area contributed by atoms with Gasteiger partial charge in [-0.05, 0) is 44.5 Å². The molecule has 3 rings (SSSR count). The fraction of sp³-hybridized carbons (Fsp3) is 0.150. The van der Waals surface area contributed by atoms with Crippen LogP contribution >= 0.6 is 0 Å². The van der Waals surface area contributed by atoms with E-state index < -0.39 is 11.7 Å². The number of nitrogens with one attached hydrogen (secondary N) is 1. The molecule has 0 radical (unpaired) electrons. The third kappa shape index (κ3) is 3.21. The summed E-state index contributed by atoms with van der Waals surface area (Å²) in [4.78, 5) is 25.1. The third-order valence-electron chi connectivity index (χ3n) is 4.12. The van der Waals surface area contributed by atoms with Crippen molar-refractivity contribution in [1.82, 2.24) is 9.78 Å². The second-order valence-electron chi connectivity index (χ2n) is 5.89. The molecule has 0 spiro atoms. The van der Waals surface area contributed by atoms with Gasteiger partial charge in [-0.1, -0.05) is 36.4 Å². The number of amides is 1. The first-order valence-corrected chi connectivity index (χ1v) is 8.02. The molecule has 1 amide bonds. The van der Waals surface area contributed by atoms with E-state index in [4.69, 9.17) is 0 Å². The summed E-state index contributed by atoms with van der Waals surface area (Å²) in [7, 11) is 0. The molecule has 5 heteroatoms. The maximum atomic E-state index is 12.7. The standard InChI is InChI=1S/C20H19N3O2/c1-13-9-7-8-12-17(13)21-20(25)19(24)18-14(2)22-23(15(18)3)16-10-5-4-6-11-16/h4-12H,1-3H3,(H,21,25). The van der Waals surface area contributed by atoms with Crippen LogP contribution < -0.4 is 5.32 Å². The highest BCUT2D eigenvalue weighted by Gasteiger charge is 2.25. The van der Waals surface area contributed by atoms with Crippen LogP contribution in [0.5, 0.6) is 0 Å². The minimum Gasteiger partial charge on any atom is -0.319 e. The van der Waals surface area contributed by atoms with Crippen LogP contribution in [-0.2, 0) is 4.79 Å². The van der Waals surface area contributed by atoms with Crippen molar-refractivity contribution >= 4 is 17.4 Å². The molecule has 25 heavy (non-hydrogen) atoms. The number of anilines is 1. The zero-order valence-electron chi connectivity index (χ0n) is 14.4. The lowest BCUT2D eigenvalue weighted by atomic mass is 10.1. The average molecular weight is 333 g/mol. The molecule has 2 aromatic carbocycles. The summed E-state index contributed by atoms with van der Waals surface area (Å²) in [6, 6.07) is 16.9. The lowest BCUT2D eigenvalue weighted by Crippen LogP contribution is -2.24. The molecule has 0 aliphatic rings. The molecule has 126 valence electrons. The van der Waals surface area contributed by atoms with Crippen molar-refractivity contribution in [2.45, 2.75) is 20.8 Å². The number of Topliss-reactive ketones (excluding diaryl/α,β-unsaturated/α-hetero) is 1. The van der Waals surface area contributed by atoms with Crippen molar-refractivity contribution in [3.8, 4) is 5.69 Å². The average Bonchev–Trinajstić information content (AvgIpc) is 2.91. The predicted octanol–water partition coefficient (Wildman–Crippen LogP) is 3.62. The fourth-order valence-electron chi connectivity index (χ4n) is 2.80. The van der Waals surface area contributed by atoms with Gasteiger partial charge in [0, 0.05) is 5.69 Å². The highest BCUT2D eigenvalue weighted by atomic mass is 16.2. The van der Waals surface area contributed by atoms with Crippen molar-refractivity contribution in [1.29, 1.82) is 0 Å². The number of hydrogen-bond acceptors (Lipinski definition) is 3. The number of aryl methyl sites for hydroxylation is 2. The Labute approximate surface area is 146 Å². The van der Waals surface area contributed by atoms with Crippen molar-refractivity contribution in [2.24, 2.45) is 0 Å². The Balaban J connectivity index is 1.91. The van der Waals surface area contributed by atoms with Crippen molar-refractivity contribution in [2.75, 3.05) is 5.32 Å². The largest absolute Gasteiger partial charge is 0.319 e. The van der Waals surface area contributed by atoms with Gasteiger partial charge < -0.3 is 5.32 Å². The van der Waals surface area contributed by atoms with Gasteiger partial charge in [0.05, 0.1) is 22.6 Å². The van der Waals surface area contributed by atoms with Gasteiger partial charge in [0.1, 0.15) is 0 Å². The molecule has 0 unspecified atom stereocenters. The van der Waals surface area contributed by atoms with Crippen molar-refractivity contribution < 1.29 is 9.59 Å². The second-order valence-corrected chi connectivity index (χ2v) is 5.89. The Morgan fingerprint density at radius 2 is 1.56 bits per heavy atom. The van der Waals surface area contributed by atoms with Crippen molar-refractivity contribution in [3.63, 3.8) is 0 Å². The number of ketones is 1. The number of hydrogen-bond donors (Lipinski definition) is 1. The van der Waals surface area contributed by atoms with Crippen LogP contribution in [0.25, 0.3) is 5.69 Å². The third-order valence-corrected chi connectivity index (χ3v) is 4.12. The summed E-state index contributed by atoms with van der Waals surface area (Å²) < 4.78 is 1.68. The lowest BCUT2D eigenvalue weighted by molar-refractivity contribution is -0.112. The summed E-state index contributed by atoms with van der Waals surface area (Å²) >= 11 is 0. The van der Waals surface area contributed by atoms with E-state index in [9.17, 15) is 9.59 Å². The number of carbonyl (C=O) groups excluding carboxylic acids is 2. The smallest absolute Gasteiger partial charge is 0.296 e. The van der Waals surface area contributed by atoms with Crippen LogP contribution in [0, 0.1) is 20.8 Å². The number of carbonyl (C=O) groups is 2. The Morgan fingerprint density at radius 1 is 0.920 bits per heavy atom. The summed E-state index contributed by atoms with van der Waals surface area (Å²) in [6.45, 7) is 5.41. The molecular formula is C20H19N3O2. The van der Waals surface area contributed by atoms with E-state index in [-0.39, 0.29) is 0 Å². The van der Waals surface area contributed by atoms with E-state index >= 15 is 0 Å². The van der Waals surface area contributed by atoms with E-state index in [1.165, 1.54) is 0 Å². The Bertz CT molecular complexity index is 943. The molecule has 1 aromatic heterocycles.